The number of thioether (sulfide) groups is 1. The Hall–Kier alpha value is -1.76. The van der Waals surface area contributed by atoms with E-state index in [9.17, 15) is 9.59 Å². The van der Waals surface area contributed by atoms with Gasteiger partial charge in [-0.1, -0.05) is 0 Å². The highest BCUT2D eigenvalue weighted by molar-refractivity contribution is 7.98. The third-order valence-corrected chi connectivity index (χ3v) is 3.61. The first-order chi connectivity index (χ1) is 11.1. The number of hydrogen-bond acceptors (Lipinski definition) is 5. The zero-order valence-electron chi connectivity index (χ0n) is 15.2. The van der Waals surface area contributed by atoms with Crippen LogP contribution in [0.2, 0.25) is 0 Å². The van der Waals surface area contributed by atoms with Crippen LogP contribution in [0, 0.1) is 13.8 Å². The van der Waals surface area contributed by atoms with Gasteiger partial charge < -0.3 is 15.4 Å². The quantitative estimate of drug-likeness (QED) is 0.820. The lowest BCUT2D eigenvalue weighted by atomic mass is 10.2. The van der Waals surface area contributed by atoms with Gasteiger partial charge in [0.2, 0.25) is 5.91 Å². The van der Waals surface area contributed by atoms with E-state index in [-0.39, 0.29) is 5.91 Å². The van der Waals surface area contributed by atoms with Crippen LogP contribution in [0.1, 0.15) is 38.4 Å². The van der Waals surface area contributed by atoms with Crippen molar-refractivity contribution < 1.29 is 14.3 Å². The van der Waals surface area contributed by atoms with E-state index in [1.54, 1.807) is 38.6 Å². The molecule has 1 atom stereocenters. The monoisotopic (exact) mass is 353 g/mol. The van der Waals surface area contributed by atoms with Crippen molar-refractivity contribution in [1.82, 2.24) is 10.3 Å². The van der Waals surface area contributed by atoms with E-state index in [0.29, 0.717) is 12.2 Å². The molecule has 0 saturated carbocycles. The Kier molecular flexibility index (Phi) is 7.54. The SMILES string of the molecule is CSCC[C@H](NC(=O)OC(C)(C)C)C(=O)Nc1cc(C)cc(C)n1. The van der Waals surface area contributed by atoms with Crippen molar-refractivity contribution in [2.45, 2.75) is 52.7 Å². The number of carbonyl (C=O) groups excluding carboxylic acids is 2. The molecule has 6 nitrogen and oxygen atoms in total. The summed E-state index contributed by atoms with van der Waals surface area (Å²) in [5.74, 6) is 0.929. The number of pyridine rings is 1. The van der Waals surface area contributed by atoms with Gasteiger partial charge >= 0.3 is 6.09 Å². The summed E-state index contributed by atoms with van der Waals surface area (Å²) in [7, 11) is 0. The summed E-state index contributed by atoms with van der Waals surface area (Å²) in [4.78, 5) is 28.8. The third kappa shape index (κ3) is 7.68. The zero-order chi connectivity index (χ0) is 18.3. The summed E-state index contributed by atoms with van der Waals surface area (Å²) >= 11 is 1.61. The Morgan fingerprint density at radius 2 is 1.96 bits per heavy atom. The van der Waals surface area contributed by atoms with E-state index in [2.05, 4.69) is 15.6 Å². The Bertz CT molecular complexity index is 565. The van der Waals surface area contributed by atoms with Gasteiger partial charge in [-0.15, -0.1) is 0 Å². The highest BCUT2D eigenvalue weighted by Crippen LogP contribution is 2.12. The molecular formula is C17H27N3O3S. The van der Waals surface area contributed by atoms with Gasteiger partial charge in [0.15, 0.2) is 0 Å². The Morgan fingerprint density at radius 3 is 2.50 bits per heavy atom. The van der Waals surface area contributed by atoms with Crippen molar-refractivity contribution in [2.24, 2.45) is 0 Å². The molecule has 0 aliphatic heterocycles. The number of ether oxygens (including phenoxy) is 1. The van der Waals surface area contributed by atoms with Crippen molar-refractivity contribution in [1.29, 1.82) is 0 Å². The Balaban J connectivity index is 2.78. The van der Waals surface area contributed by atoms with E-state index in [1.807, 2.05) is 26.2 Å². The largest absolute Gasteiger partial charge is 0.444 e. The number of nitrogens with one attached hydrogen (secondary N) is 2. The highest BCUT2D eigenvalue weighted by atomic mass is 32.2. The molecule has 0 spiro atoms. The number of alkyl carbamates (subject to hydrolysis) is 1. The first kappa shape index (κ1) is 20.3. The molecule has 0 fully saturated rings. The van der Waals surface area contributed by atoms with Crippen LogP contribution in [0.4, 0.5) is 10.6 Å². The molecule has 2 amide bonds. The fraction of sp³-hybridized carbons (Fsp3) is 0.588. The van der Waals surface area contributed by atoms with Crippen LogP contribution < -0.4 is 10.6 Å². The fourth-order valence-corrected chi connectivity index (χ4v) is 2.54. The minimum absolute atomic E-state index is 0.299. The van der Waals surface area contributed by atoms with E-state index in [0.717, 1.165) is 17.0 Å². The number of anilines is 1. The average molecular weight is 353 g/mol. The summed E-state index contributed by atoms with van der Waals surface area (Å²) in [6.07, 6.45) is 1.86. The fourth-order valence-electron chi connectivity index (χ4n) is 2.07. The van der Waals surface area contributed by atoms with Gasteiger partial charge in [-0.3, -0.25) is 4.79 Å². The van der Waals surface area contributed by atoms with Crippen molar-refractivity contribution >= 4 is 29.6 Å². The van der Waals surface area contributed by atoms with Crippen molar-refractivity contribution in [3.05, 3.63) is 23.4 Å². The van der Waals surface area contributed by atoms with Gasteiger partial charge in [0.25, 0.3) is 0 Å². The molecule has 1 heterocycles. The van der Waals surface area contributed by atoms with Crippen LogP contribution in [0.5, 0.6) is 0 Å². The second-order valence-electron chi connectivity index (χ2n) is 6.64. The molecule has 0 aromatic carbocycles. The van der Waals surface area contributed by atoms with Crippen LogP contribution in [-0.4, -0.2) is 40.6 Å². The predicted molar refractivity (Wildman–Crippen MR) is 98.5 cm³/mol. The van der Waals surface area contributed by atoms with E-state index >= 15 is 0 Å². The maximum absolute atomic E-state index is 12.5. The molecule has 0 unspecified atom stereocenters. The second kappa shape index (κ2) is 8.92. The standard InChI is InChI=1S/C17H27N3O3S/c1-11-9-12(2)18-14(10-11)20-15(21)13(7-8-24-6)19-16(22)23-17(3,4)5/h9-10,13H,7-8H2,1-6H3,(H,19,22)(H,18,20,21)/t13-/m0/s1. The summed E-state index contributed by atoms with van der Waals surface area (Å²) < 4.78 is 5.23. The molecule has 1 aromatic heterocycles. The van der Waals surface area contributed by atoms with Crippen LogP contribution >= 0.6 is 11.8 Å². The third-order valence-electron chi connectivity index (χ3n) is 2.97. The molecule has 0 radical (unpaired) electrons. The van der Waals surface area contributed by atoms with Gasteiger partial charge in [0, 0.05) is 5.69 Å². The van der Waals surface area contributed by atoms with Crippen LogP contribution in [-0.2, 0) is 9.53 Å². The Labute approximate surface area is 148 Å². The van der Waals surface area contributed by atoms with Gasteiger partial charge in [0.05, 0.1) is 0 Å². The maximum atomic E-state index is 12.5. The lowest BCUT2D eigenvalue weighted by molar-refractivity contribution is -0.118. The molecule has 24 heavy (non-hydrogen) atoms. The summed E-state index contributed by atoms with van der Waals surface area (Å²) in [6, 6.07) is 3.05. The molecular weight excluding hydrogens is 326 g/mol. The Morgan fingerprint density at radius 1 is 1.29 bits per heavy atom. The maximum Gasteiger partial charge on any atom is 0.408 e. The highest BCUT2D eigenvalue weighted by Gasteiger charge is 2.24. The van der Waals surface area contributed by atoms with Gasteiger partial charge in [-0.05, 0) is 70.7 Å². The smallest absolute Gasteiger partial charge is 0.408 e. The minimum Gasteiger partial charge on any atom is -0.444 e. The second-order valence-corrected chi connectivity index (χ2v) is 7.63. The molecule has 7 heteroatoms. The predicted octanol–water partition coefficient (Wildman–Crippen LogP) is 3.28. The molecule has 2 N–H and O–H groups in total. The van der Waals surface area contributed by atoms with E-state index in [1.165, 1.54) is 0 Å². The van der Waals surface area contributed by atoms with Gasteiger partial charge in [0.1, 0.15) is 17.5 Å². The number of rotatable bonds is 6. The van der Waals surface area contributed by atoms with Crippen LogP contribution in [0.15, 0.2) is 12.1 Å². The number of nitrogens with zero attached hydrogens (tertiary/aromatic N) is 1. The molecule has 134 valence electrons. The topological polar surface area (TPSA) is 80.3 Å². The van der Waals surface area contributed by atoms with Crippen molar-refractivity contribution in [3.63, 3.8) is 0 Å². The average Bonchev–Trinajstić information content (AvgIpc) is 2.40. The molecule has 1 rings (SSSR count). The van der Waals surface area contributed by atoms with Crippen molar-refractivity contribution in [2.75, 3.05) is 17.3 Å². The van der Waals surface area contributed by atoms with Crippen molar-refractivity contribution in [3.8, 4) is 0 Å². The summed E-state index contributed by atoms with van der Waals surface area (Å²) in [5.41, 5.74) is 1.23. The number of aromatic nitrogens is 1. The summed E-state index contributed by atoms with van der Waals surface area (Å²) in [6.45, 7) is 9.15. The normalized spacial score (nSPS) is 12.4. The number of aryl methyl sites for hydroxylation is 2. The lowest BCUT2D eigenvalue weighted by Gasteiger charge is -2.23. The number of hydrogen-bond donors (Lipinski definition) is 2. The zero-order valence-corrected chi connectivity index (χ0v) is 16.0. The van der Waals surface area contributed by atoms with Crippen LogP contribution in [0.25, 0.3) is 0 Å². The molecule has 0 bridgehead atoms. The van der Waals surface area contributed by atoms with E-state index < -0.39 is 17.7 Å². The van der Waals surface area contributed by atoms with Crippen LogP contribution in [0.3, 0.4) is 0 Å². The van der Waals surface area contributed by atoms with Gasteiger partial charge in [-0.2, -0.15) is 11.8 Å². The number of amides is 2. The number of carbonyl (C=O) groups is 2. The first-order valence-corrected chi connectivity index (χ1v) is 9.24. The molecule has 0 saturated heterocycles. The molecule has 0 aliphatic rings. The first-order valence-electron chi connectivity index (χ1n) is 7.85. The minimum atomic E-state index is -0.671. The molecule has 0 aliphatic carbocycles. The lowest BCUT2D eigenvalue weighted by Crippen LogP contribution is -2.46. The summed E-state index contributed by atoms with van der Waals surface area (Å²) in [5, 5.41) is 5.41. The van der Waals surface area contributed by atoms with E-state index in [4.69, 9.17) is 4.74 Å². The van der Waals surface area contributed by atoms with Gasteiger partial charge in [-0.25, -0.2) is 9.78 Å². The molecule has 1 aromatic rings.